The van der Waals surface area contributed by atoms with Crippen molar-refractivity contribution in [2.75, 3.05) is 31.6 Å². The predicted molar refractivity (Wildman–Crippen MR) is 90.6 cm³/mol. The van der Waals surface area contributed by atoms with Gasteiger partial charge in [0.05, 0.1) is 25.9 Å². The van der Waals surface area contributed by atoms with Gasteiger partial charge in [-0.05, 0) is 31.1 Å². The van der Waals surface area contributed by atoms with Crippen LogP contribution in [0.3, 0.4) is 0 Å². The molecule has 0 aliphatic carbocycles. The maximum Gasteiger partial charge on any atom is 1.00 e. The van der Waals surface area contributed by atoms with Crippen LogP contribution >= 0.6 is 31.1 Å². The Bertz CT molecular complexity index is 972. The number of aromatic nitrogens is 4. The van der Waals surface area contributed by atoms with Crippen molar-refractivity contribution in [2.45, 2.75) is 6.54 Å². The molecule has 0 bridgehead atoms. The van der Waals surface area contributed by atoms with E-state index in [0.29, 0.717) is 0 Å². The van der Waals surface area contributed by atoms with E-state index in [1.807, 2.05) is 0 Å². The molecule has 0 amide bonds. The van der Waals surface area contributed by atoms with Crippen LogP contribution in [0.1, 0.15) is 0 Å². The standard InChI is InChI=1S/C11H18BrN5O9P2.4Na/c12-10-14-7-8(15-11(13)16-9(7)18)17(10)1-6(2-25-4-27(19,20)21)3-26-5-28(22,23)24;;;;/h6H,1-5H2,(H2,19,20,21)(H2,22,23,24)(H3,13,15,16,18);;;;/q;4*+1/p-4. The number of fused-ring (bicyclic) bond motifs is 1. The Hall–Kier alpha value is 2.85. The number of aromatic amines is 1. The zero-order chi connectivity index (χ0) is 21.1. The Morgan fingerprint density at radius 1 is 1.00 bits per heavy atom. The van der Waals surface area contributed by atoms with Crippen LogP contribution in [0.2, 0.25) is 0 Å². The first-order valence-electron chi connectivity index (χ1n) is 7.45. The first kappa shape index (κ1) is 39.4. The van der Waals surface area contributed by atoms with Gasteiger partial charge in [-0.2, -0.15) is 4.98 Å². The van der Waals surface area contributed by atoms with Gasteiger partial charge in [-0.3, -0.25) is 9.78 Å². The van der Waals surface area contributed by atoms with Gasteiger partial charge in [0.1, 0.15) is 0 Å². The van der Waals surface area contributed by atoms with Crippen LogP contribution in [0, 0.1) is 5.92 Å². The molecular formula is C11H14BrN5Na4O9P2. The minimum Gasteiger partial charge on any atom is -0.809 e. The van der Waals surface area contributed by atoms with Crippen LogP contribution in [-0.2, 0) is 25.1 Å². The summed E-state index contributed by atoms with van der Waals surface area (Å²) in [6.45, 7) is -0.709. The Balaban J connectivity index is -0.00000210. The van der Waals surface area contributed by atoms with E-state index in [0.717, 1.165) is 0 Å². The van der Waals surface area contributed by atoms with Crippen LogP contribution < -0.4 is 149 Å². The Morgan fingerprint density at radius 2 is 1.47 bits per heavy atom. The first-order valence-corrected chi connectivity index (χ1v) is 11.7. The third-order valence-corrected chi connectivity index (χ3v) is 4.83. The van der Waals surface area contributed by atoms with Gasteiger partial charge in [0.25, 0.3) is 5.56 Å². The summed E-state index contributed by atoms with van der Waals surface area (Å²) in [6, 6.07) is 0. The topological polar surface area (TPSA) is 234 Å². The van der Waals surface area contributed by atoms with Gasteiger partial charge in [-0.25, -0.2) is 4.98 Å². The summed E-state index contributed by atoms with van der Waals surface area (Å²) >= 11 is 3.14. The number of nitrogen functional groups attached to an aromatic ring is 1. The molecule has 0 spiro atoms. The number of nitrogens with zero attached hydrogens (tertiary/aromatic N) is 3. The van der Waals surface area contributed by atoms with Crippen molar-refractivity contribution in [3.63, 3.8) is 0 Å². The Labute approximate surface area is 279 Å². The fourth-order valence-electron chi connectivity index (χ4n) is 2.24. The summed E-state index contributed by atoms with van der Waals surface area (Å²) in [5.74, 6) is -0.901. The molecule has 0 saturated heterocycles. The van der Waals surface area contributed by atoms with Crippen molar-refractivity contribution >= 4 is 48.2 Å². The molecule has 0 atom stereocenters. The number of hydrogen-bond acceptors (Lipinski definition) is 12. The summed E-state index contributed by atoms with van der Waals surface area (Å²) in [5, 5.41) is 0. The summed E-state index contributed by atoms with van der Waals surface area (Å²) in [7, 11) is -9.83. The van der Waals surface area contributed by atoms with Crippen molar-refractivity contribution < 1.29 is 156 Å². The van der Waals surface area contributed by atoms with Gasteiger partial charge >= 0.3 is 118 Å². The molecule has 158 valence electrons. The molecule has 2 heterocycles. The Morgan fingerprint density at radius 3 is 1.91 bits per heavy atom. The average Bonchev–Trinajstić information content (AvgIpc) is 2.81. The van der Waals surface area contributed by atoms with Crippen molar-refractivity contribution in [3.05, 3.63) is 15.1 Å². The molecule has 0 aromatic carbocycles. The molecule has 14 nitrogen and oxygen atoms in total. The number of H-pyrrole nitrogens is 1. The van der Waals surface area contributed by atoms with Crippen LogP contribution in [-0.4, -0.2) is 45.4 Å². The second-order valence-corrected chi connectivity index (χ2v) is 9.37. The number of hydrogen-bond donors (Lipinski definition) is 2. The third kappa shape index (κ3) is 14.0. The monoisotopic (exact) mass is 593 g/mol. The molecule has 0 fully saturated rings. The largest absolute Gasteiger partial charge is 1.00 e. The van der Waals surface area contributed by atoms with Crippen LogP contribution in [0.15, 0.2) is 9.53 Å². The van der Waals surface area contributed by atoms with Crippen molar-refractivity contribution in [1.82, 2.24) is 19.5 Å². The SMILES string of the molecule is Nc1nc2c(nc(Br)n2CC(COCP(=O)([O-])[O-])COCP(=O)([O-])[O-])c(=O)[nH]1.[Na+].[Na+].[Na+].[Na+]. The summed E-state index contributed by atoms with van der Waals surface area (Å²) < 4.78 is 32.6. The van der Waals surface area contributed by atoms with Crippen LogP contribution in [0.25, 0.3) is 11.2 Å². The first-order chi connectivity index (χ1) is 12.9. The molecule has 3 N–H and O–H groups in total. The van der Waals surface area contributed by atoms with Crippen molar-refractivity contribution in [2.24, 2.45) is 5.92 Å². The smallest absolute Gasteiger partial charge is 0.809 e. The average molecular weight is 594 g/mol. The number of nitrogens with one attached hydrogen (secondary N) is 1. The van der Waals surface area contributed by atoms with Gasteiger partial charge in [0.2, 0.25) is 5.95 Å². The van der Waals surface area contributed by atoms with E-state index in [4.69, 9.17) is 15.2 Å². The van der Waals surface area contributed by atoms with Crippen LogP contribution in [0.5, 0.6) is 0 Å². The van der Waals surface area contributed by atoms with E-state index in [1.165, 1.54) is 4.57 Å². The number of anilines is 1. The molecule has 0 radical (unpaired) electrons. The zero-order valence-electron chi connectivity index (χ0n) is 18.0. The van der Waals surface area contributed by atoms with Gasteiger partial charge < -0.3 is 48.5 Å². The van der Waals surface area contributed by atoms with E-state index in [9.17, 15) is 33.5 Å². The number of imidazole rings is 1. The molecule has 0 unspecified atom stereocenters. The van der Waals surface area contributed by atoms with Crippen molar-refractivity contribution in [1.29, 1.82) is 0 Å². The molecule has 32 heavy (non-hydrogen) atoms. The molecule has 2 aromatic heterocycles. The van der Waals surface area contributed by atoms with Gasteiger partial charge in [-0.1, -0.05) is 0 Å². The maximum atomic E-state index is 11.9. The fourth-order valence-corrected chi connectivity index (χ4v) is 3.38. The van der Waals surface area contributed by atoms with E-state index < -0.39 is 39.4 Å². The van der Waals surface area contributed by atoms with Gasteiger partial charge in [-0.15, -0.1) is 0 Å². The molecule has 2 rings (SSSR count). The molecule has 0 saturated carbocycles. The van der Waals surface area contributed by atoms with E-state index in [2.05, 4.69) is 30.9 Å². The number of ether oxygens (including phenoxy) is 2. The summed E-state index contributed by atoms with van der Waals surface area (Å²) in [4.78, 5) is 64.9. The molecule has 0 aliphatic rings. The van der Waals surface area contributed by atoms with E-state index in [-0.39, 0.29) is 160 Å². The predicted octanol–water partition coefficient (Wildman–Crippen LogP) is -15.1. The molecule has 0 aliphatic heterocycles. The van der Waals surface area contributed by atoms with E-state index >= 15 is 0 Å². The fraction of sp³-hybridized carbons (Fsp3) is 0.545. The molecular weight excluding hydrogens is 580 g/mol. The van der Waals surface area contributed by atoms with Gasteiger partial charge in [0, 0.05) is 12.5 Å². The minimum atomic E-state index is -4.92. The zero-order valence-corrected chi connectivity index (χ0v) is 29.4. The minimum absolute atomic E-state index is 0. The second-order valence-electron chi connectivity index (χ2n) is 5.70. The molecule has 21 heteroatoms. The van der Waals surface area contributed by atoms with Crippen molar-refractivity contribution in [3.8, 4) is 0 Å². The summed E-state index contributed by atoms with van der Waals surface area (Å²) in [6.07, 6.45) is -2.16. The Kier molecular flexibility index (Phi) is 21.4. The number of halogens is 1. The van der Waals surface area contributed by atoms with Gasteiger partial charge in [0.15, 0.2) is 15.9 Å². The number of nitrogens with two attached hydrogens (primary N) is 1. The maximum absolute atomic E-state index is 11.9. The van der Waals surface area contributed by atoms with E-state index in [1.54, 1.807) is 0 Å². The normalized spacial score (nSPS) is 11.3. The summed E-state index contributed by atoms with van der Waals surface area (Å²) in [5.41, 5.74) is 4.98. The number of rotatable bonds is 10. The molecule has 2 aromatic rings. The third-order valence-electron chi connectivity index (χ3n) is 3.22. The quantitative estimate of drug-likeness (QED) is 0.148. The van der Waals surface area contributed by atoms with Crippen LogP contribution in [0.4, 0.5) is 5.95 Å². The second kappa shape index (κ2) is 17.4.